The van der Waals surface area contributed by atoms with Gasteiger partial charge in [0.2, 0.25) is 0 Å². The number of rotatable bonds is 45. The molecule has 1 N–H and O–H groups in total. The Kier molecular flexibility index (Phi) is 44.2. The number of hydrogen-bond donors (Lipinski definition) is 1. The molecule has 0 aromatic carbocycles. The molecule has 0 rings (SSSR count). The average molecular weight is 705 g/mol. The molecule has 2 nitrogen and oxygen atoms in total. The highest BCUT2D eigenvalue weighted by molar-refractivity contribution is 5.69. The number of carboxylic acid groups (broad SMARTS) is 1. The van der Waals surface area contributed by atoms with Crippen molar-refractivity contribution in [2.24, 2.45) is 5.92 Å². The van der Waals surface area contributed by atoms with Crippen molar-refractivity contribution in [1.82, 2.24) is 0 Å². The van der Waals surface area contributed by atoms with Gasteiger partial charge in [-0.25, -0.2) is 0 Å². The van der Waals surface area contributed by atoms with E-state index in [9.17, 15) is 9.90 Å². The van der Waals surface area contributed by atoms with Crippen molar-refractivity contribution < 1.29 is 9.90 Å². The molecule has 1 atom stereocenters. The van der Waals surface area contributed by atoms with Crippen LogP contribution < -0.4 is 0 Å². The van der Waals surface area contributed by atoms with Crippen molar-refractivity contribution >= 4 is 5.97 Å². The van der Waals surface area contributed by atoms with E-state index in [4.69, 9.17) is 0 Å². The molecule has 0 radical (unpaired) electrons. The van der Waals surface area contributed by atoms with Crippen LogP contribution in [0.15, 0.2) is 0 Å². The number of hydrogen-bond acceptors (Lipinski definition) is 1. The Bertz CT molecular complexity index is 615. The quantitative estimate of drug-likeness (QED) is 0.0641. The maximum Gasteiger partial charge on any atom is 0.306 e. The molecule has 0 aliphatic heterocycles. The molecule has 2 heteroatoms. The summed E-state index contributed by atoms with van der Waals surface area (Å²) < 4.78 is 0. The maximum absolute atomic E-state index is 11.8. The topological polar surface area (TPSA) is 37.3 Å². The van der Waals surface area contributed by atoms with Crippen molar-refractivity contribution in [3.05, 3.63) is 0 Å². The van der Waals surface area contributed by atoms with Crippen molar-refractivity contribution in [2.75, 3.05) is 0 Å². The third-order valence-electron chi connectivity index (χ3n) is 11.7. The summed E-state index contributed by atoms with van der Waals surface area (Å²) in [7, 11) is 0. The normalized spacial score (nSPS) is 12.2. The van der Waals surface area contributed by atoms with Gasteiger partial charge in [-0.15, -0.1) is 0 Å². The van der Waals surface area contributed by atoms with E-state index in [0.717, 1.165) is 25.7 Å². The lowest BCUT2D eigenvalue weighted by Crippen LogP contribution is -2.13. The largest absolute Gasteiger partial charge is 0.481 e. The molecule has 0 spiro atoms. The summed E-state index contributed by atoms with van der Waals surface area (Å²) in [5.41, 5.74) is 0. The highest BCUT2D eigenvalue weighted by atomic mass is 16.4. The van der Waals surface area contributed by atoms with Crippen LogP contribution in [0.4, 0.5) is 0 Å². The van der Waals surface area contributed by atoms with Gasteiger partial charge >= 0.3 is 5.97 Å². The molecule has 0 aromatic heterocycles. The van der Waals surface area contributed by atoms with Gasteiger partial charge in [-0.3, -0.25) is 4.79 Å². The van der Waals surface area contributed by atoms with Crippen molar-refractivity contribution in [2.45, 2.75) is 296 Å². The fourth-order valence-electron chi connectivity index (χ4n) is 8.04. The van der Waals surface area contributed by atoms with Gasteiger partial charge in [0.25, 0.3) is 0 Å². The molecular weight excluding hydrogens is 609 g/mol. The number of aliphatic carboxylic acids is 1. The van der Waals surface area contributed by atoms with Crippen LogP contribution in [-0.4, -0.2) is 11.1 Å². The van der Waals surface area contributed by atoms with Crippen LogP contribution in [-0.2, 0) is 4.79 Å². The summed E-state index contributed by atoms with van der Waals surface area (Å²) >= 11 is 0. The van der Waals surface area contributed by atoms with E-state index in [-0.39, 0.29) is 5.92 Å². The smallest absolute Gasteiger partial charge is 0.306 e. The minimum absolute atomic E-state index is 0.101. The van der Waals surface area contributed by atoms with Crippen molar-refractivity contribution in [3.8, 4) is 0 Å². The molecule has 0 aliphatic rings. The fraction of sp³-hybridized carbons (Fsp3) is 0.979. The molecule has 0 saturated heterocycles. The predicted molar refractivity (Wildman–Crippen MR) is 226 cm³/mol. The highest BCUT2D eigenvalue weighted by Gasteiger charge is 2.16. The Morgan fingerprint density at radius 3 is 0.560 bits per heavy atom. The van der Waals surface area contributed by atoms with Crippen molar-refractivity contribution in [1.29, 1.82) is 0 Å². The molecule has 0 amide bonds. The second kappa shape index (κ2) is 44.6. The van der Waals surface area contributed by atoms with E-state index in [2.05, 4.69) is 13.8 Å². The van der Waals surface area contributed by atoms with Crippen LogP contribution in [0.2, 0.25) is 0 Å². The van der Waals surface area contributed by atoms with Crippen LogP contribution in [0.1, 0.15) is 296 Å². The summed E-state index contributed by atoms with van der Waals surface area (Å²) in [5.74, 6) is -0.651. The van der Waals surface area contributed by atoms with E-state index in [0.29, 0.717) is 0 Å². The first-order valence-corrected chi connectivity index (χ1v) is 23.9. The lowest BCUT2D eigenvalue weighted by Gasteiger charge is -2.12. The summed E-state index contributed by atoms with van der Waals surface area (Å²) in [6.07, 6.45) is 60.6. The minimum Gasteiger partial charge on any atom is -0.481 e. The Labute approximate surface area is 317 Å². The number of carbonyl (C=O) groups is 1. The molecule has 0 fully saturated rings. The maximum atomic E-state index is 11.8. The molecule has 0 heterocycles. The summed E-state index contributed by atoms with van der Waals surface area (Å²) in [5, 5.41) is 9.70. The van der Waals surface area contributed by atoms with Gasteiger partial charge in [0.05, 0.1) is 5.92 Å². The van der Waals surface area contributed by atoms with Gasteiger partial charge < -0.3 is 5.11 Å². The molecule has 300 valence electrons. The Morgan fingerprint density at radius 1 is 0.280 bits per heavy atom. The van der Waals surface area contributed by atoms with Crippen molar-refractivity contribution in [3.63, 3.8) is 0 Å². The third kappa shape index (κ3) is 41.9. The number of carboxylic acids is 1. The first kappa shape index (κ1) is 49.5. The van der Waals surface area contributed by atoms with Gasteiger partial charge in [0.15, 0.2) is 0 Å². The predicted octanol–water partition coefficient (Wildman–Crippen LogP) is 17.9. The van der Waals surface area contributed by atoms with Crippen LogP contribution >= 0.6 is 0 Å². The van der Waals surface area contributed by atoms with E-state index in [1.54, 1.807) is 0 Å². The summed E-state index contributed by atoms with van der Waals surface area (Å²) in [4.78, 5) is 11.8. The van der Waals surface area contributed by atoms with E-state index < -0.39 is 5.97 Å². The number of unbranched alkanes of at least 4 members (excludes halogenated alkanes) is 40. The Balaban J connectivity index is 3.32. The van der Waals surface area contributed by atoms with Gasteiger partial charge in [-0.05, 0) is 12.8 Å². The van der Waals surface area contributed by atoms with Gasteiger partial charge in [-0.2, -0.15) is 0 Å². The summed E-state index contributed by atoms with van der Waals surface area (Å²) in [6.45, 7) is 4.60. The molecule has 0 bridgehead atoms. The van der Waals surface area contributed by atoms with Crippen LogP contribution in [0.3, 0.4) is 0 Å². The standard InChI is InChI=1S/C48H96O2/c1-3-5-7-9-11-13-15-17-19-21-23-24-25-26-27-28-30-32-34-36-38-40-42-44-46-47(48(49)50)45-43-41-39-37-35-33-31-29-22-20-18-16-14-12-10-8-6-4-2/h47H,3-46H2,1-2H3,(H,49,50). The first-order valence-electron chi connectivity index (χ1n) is 23.9. The monoisotopic (exact) mass is 705 g/mol. The molecule has 1 unspecified atom stereocenters. The van der Waals surface area contributed by atoms with Gasteiger partial charge in [0, 0.05) is 0 Å². The third-order valence-corrected chi connectivity index (χ3v) is 11.7. The highest BCUT2D eigenvalue weighted by Crippen LogP contribution is 2.21. The molecule has 0 aliphatic carbocycles. The van der Waals surface area contributed by atoms with Gasteiger partial charge in [0.1, 0.15) is 0 Å². The second-order valence-electron chi connectivity index (χ2n) is 16.8. The van der Waals surface area contributed by atoms with Gasteiger partial charge in [-0.1, -0.05) is 284 Å². The van der Waals surface area contributed by atoms with Crippen LogP contribution in [0, 0.1) is 5.92 Å². The first-order chi connectivity index (χ1) is 24.7. The van der Waals surface area contributed by atoms with E-state index in [1.165, 1.54) is 257 Å². The molecule has 50 heavy (non-hydrogen) atoms. The average Bonchev–Trinajstić information content (AvgIpc) is 3.11. The lowest BCUT2D eigenvalue weighted by molar-refractivity contribution is -0.142. The molecular formula is C48H96O2. The second-order valence-corrected chi connectivity index (χ2v) is 16.8. The van der Waals surface area contributed by atoms with E-state index >= 15 is 0 Å². The molecule has 0 saturated carbocycles. The zero-order valence-corrected chi connectivity index (χ0v) is 35.0. The zero-order valence-electron chi connectivity index (χ0n) is 35.0. The lowest BCUT2D eigenvalue weighted by atomic mass is 9.94. The minimum atomic E-state index is -0.550. The molecule has 0 aromatic rings. The SMILES string of the molecule is CCCCCCCCCCCCCCCCCCCCCCCCCCC(CCCCCCCCCCCCCCCCCCCC)C(=O)O. The Hall–Kier alpha value is -0.530. The van der Waals surface area contributed by atoms with E-state index in [1.807, 2.05) is 0 Å². The summed E-state index contributed by atoms with van der Waals surface area (Å²) in [6, 6.07) is 0. The fourth-order valence-corrected chi connectivity index (χ4v) is 8.04. The van der Waals surface area contributed by atoms with Crippen LogP contribution in [0.25, 0.3) is 0 Å². The zero-order chi connectivity index (χ0) is 36.3. The van der Waals surface area contributed by atoms with Crippen LogP contribution in [0.5, 0.6) is 0 Å². The Morgan fingerprint density at radius 2 is 0.420 bits per heavy atom.